The van der Waals surface area contributed by atoms with Gasteiger partial charge in [0, 0.05) is 17.6 Å². The third kappa shape index (κ3) is 5.44. The van der Waals surface area contributed by atoms with E-state index in [1.165, 1.54) is 18.9 Å². The van der Waals surface area contributed by atoms with Crippen LogP contribution >= 0.6 is 24.4 Å². The van der Waals surface area contributed by atoms with E-state index in [2.05, 4.69) is 12.6 Å². The van der Waals surface area contributed by atoms with Gasteiger partial charge in [0.1, 0.15) is 0 Å². The van der Waals surface area contributed by atoms with Gasteiger partial charge in [0.05, 0.1) is 35.5 Å². The Hall–Kier alpha value is -3.49. The average Bonchev–Trinajstić information content (AvgIpc) is 3.18. The van der Waals surface area contributed by atoms with Crippen molar-refractivity contribution in [3.8, 4) is 0 Å². The molecule has 0 unspecified atom stereocenters. The molecule has 0 radical (unpaired) electrons. The Kier molecular flexibility index (Phi) is 7.63. The van der Waals surface area contributed by atoms with Gasteiger partial charge in [0.25, 0.3) is 5.91 Å². The number of benzene rings is 3. The maximum Gasteiger partial charge on any atom is 0.337 e. The summed E-state index contributed by atoms with van der Waals surface area (Å²) in [6.45, 7) is 2.32. The van der Waals surface area contributed by atoms with E-state index in [1.54, 1.807) is 29.2 Å². The van der Waals surface area contributed by atoms with E-state index in [-0.39, 0.29) is 5.91 Å². The van der Waals surface area contributed by atoms with Gasteiger partial charge < -0.3 is 9.64 Å². The molecule has 6 nitrogen and oxygen atoms in total. The van der Waals surface area contributed by atoms with E-state index in [0.717, 1.165) is 21.8 Å². The highest BCUT2D eigenvalue weighted by atomic mass is 32.2. The topological polar surface area (TPSA) is 62.2 Å². The molecule has 1 fully saturated rings. The summed E-state index contributed by atoms with van der Waals surface area (Å²) in [6, 6.07) is 24.4. The Morgan fingerprint density at radius 1 is 1.03 bits per heavy atom. The number of carbonyl (C=O) groups is 2. The largest absolute Gasteiger partial charge is 0.465 e. The van der Waals surface area contributed by atoms with Gasteiger partial charge in [-0.3, -0.25) is 9.69 Å². The molecule has 3 aromatic carbocycles. The molecule has 4 rings (SSSR count). The smallest absolute Gasteiger partial charge is 0.337 e. The first-order chi connectivity index (χ1) is 16.9. The lowest BCUT2D eigenvalue weighted by Gasteiger charge is -2.22. The van der Waals surface area contributed by atoms with Crippen molar-refractivity contribution in [2.24, 2.45) is 4.99 Å². The number of thioether (sulfide) groups is 1. The van der Waals surface area contributed by atoms with Crippen molar-refractivity contribution < 1.29 is 14.3 Å². The molecule has 1 aliphatic rings. The highest BCUT2D eigenvalue weighted by molar-refractivity contribution is 8.18. The van der Waals surface area contributed by atoms with Crippen LogP contribution in [0.3, 0.4) is 0 Å². The van der Waals surface area contributed by atoms with E-state index in [4.69, 9.17) is 9.73 Å². The number of esters is 1. The molecule has 1 heterocycles. The second-order valence-electron chi connectivity index (χ2n) is 7.87. The molecule has 0 atom stereocenters. The summed E-state index contributed by atoms with van der Waals surface area (Å²) >= 11 is 5.91. The van der Waals surface area contributed by atoms with Crippen LogP contribution in [-0.4, -0.2) is 36.1 Å². The summed E-state index contributed by atoms with van der Waals surface area (Å²) < 4.78 is 4.77. The minimum absolute atomic E-state index is 0.107. The molecule has 1 amide bonds. The van der Waals surface area contributed by atoms with Gasteiger partial charge in [-0.2, -0.15) is 0 Å². The normalized spacial score (nSPS) is 15.9. The number of hydrogen-bond donors (Lipinski definition) is 1. The molecule has 0 N–H and O–H groups in total. The van der Waals surface area contributed by atoms with Crippen LogP contribution in [0.5, 0.6) is 0 Å². The molecule has 3 aromatic rings. The Morgan fingerprint density at radius 2 is 1.69 bits per heavy atom. The first-order valence-corrected chi connectivity index (χ1v) is 12.2. The second kappa shape index (κ2) is 10.8. The number of nitrogens with zero attached hydrogens (tertiary/aromatic N) is 3. The summed E-state index contributed by atoms with van der Waals surface area (Å²) in [5.74, 6) is -0.515. The highest BCUT2D eigenvalue weighted by Gasteiger charge is 2.36. The van der Waals surface area contributed by atoms with E-state index in [1.807, 2.05) is 73.5 Å². The lowest BCUT2D eigenvalue weighted by atomic mass is 10.2. The Morgan fingerprint density at radius 3 is 2.34 bits per heavy atom. The summed E-state index contributed by atoms with van der Waals surface area (Å²) in [5.41, 5.74) is 3.80. The molecule has 0 spiro atoms. The van der Waals surface area contributed by atoms with Crippen LogP contribution in [0.25, 0.3) is 0 Å². The molecule has 8 heteroatoms. The molecular formula is C27H25N3O3S2. The van der Waals surface area contributed by atoms with Gasteiger partial charge in [-0.15, -0.1) is 12.6 Å². The Labute approximate surface area is 214 Å². The zero-order valence-corrected chi connectivity index (χ0v) is 21.3. The van der Waals surface area contributed by atoms with Crippen molar-refractivity contribution in [1.82, 2.24) is 4.90 Å². The molecule has 0 bridgehead atoms. The maximum absolute atomic E-state index is 13.6. The van der Waals surface area contributed by atoms with E-state index >= 15 is 0 Å². The van der Waals surface area contributed by atoms with Gasteiger partial charge >= 0.3 is 5.97 Å². The van der Waals surface area contributed by atoms with Crippen LogP contribution in [0.15, 0.2) is 99.4 Å². The number of carbonyl (C=O) groups excluding carboxylic acids is 2. The van der Waals surface area contributed by atoms with Gasteiger partial charge in [0.15, 0.2) is 5.17 Å². The van der Waals surface area contributed by atoms with Crippen LogP contribution in [0.1, 0.15) is 22.8 Å². The van der Waals surface area contributed by atoms with E-state index in [0.29, 0.717) is 27.9 Å². The second-order valence-corrected chi connectivity index (χ2v) is 9.33. The molecular weight excluding hydrogens is 478 g/mol. The number of ether oxygens (including phenoxy) is 1. The summed E-state index contributed by atoms with van der Waals surface area (Å²) in [6.07, 6.45) is 0. The number of para-hydroxylation sites is 1. The predicted octanol–water partition coefficient (Wildman–Crippen LogP) is 5.89. The summed E-state index contributed by atoms with van der Waals surface area (Å²) in [4.78, 5) is 35.2. The third-order valence-electron chi connectivity index (χ3n) is 5.64. The van der Waals surface area contributed by atoms with Crippen molar-refractivity contribution >= 4 is 52.8 Å². The lowest BCUT2D eigenvalue weighted by molar-refractivity contribution is -0.122. The predicted molar refractivity (Wildman–Crippen MR) is 144 cm³/mol. The number of allylic oxidation sites excluding steroid dienone is 1. The number of thiol groups is 1. The average molecular weight is 504 g/mol. The van der Waals surface area contributed by atoms with Gasteiger partial charge in [-0.1, -0.05) is 42.5 Å². The summed E-state index contributed by atoms with van der Waals surface area (Å²) in [7, 11) is 3.27. The lowest BCUT2D eigenvalue weighted by Crippen LogP contribution is -2.29. The van der Waals surface area contributed by atoms with Crippen LogP contribution in [0, 0.1) is 0 Å². The monoisotopic (exact) mass is 503 g/mol. The zero-order valence-electron chi connectivity index (χ0n) is 19.6. The van der Waals surface area contributed by atoms with Crippen molar-refractivity contribution in [3.63, 3.8) is 0 Å². The molecule has 0 aliphatic carbocycles. The van der Waals surface area contributed by atoms with Crippen molar-refractivity contribution in [3.05, 3.63) is 101 Å². The van der Waals surface area contributed by atoms with Gasteiger partial charge in [-0.25, -0.2) is 9.79 Å². The number of amidine groups is 1. The number of hydrogen-bond acceptors (Lipinski definition) is 7. The van der Waals surface area contributed by atoms with Crippen molar-refractivity contribution in [2.75, 3.05) is 19.1 Å². The molecule has 35 heavy (non-hydrogen) atoms. The number of rotatable bonds is 6. The number of aliphatic imine (C=N–C) groups is 1. The van der Waals surface area contributed by atoms with E-state index in [9.17, 15) is 9.59 Å². The molecule has 178 valence electrons. The molecule has 1 saturated heterocycles. The SMILES string of the molecule is COC(=O)c1ccc(N=C2S/C(=C(\C)N(C)c3ccccc3S)C(=O)N2Cc2ccccc2)cc1. The van der Waals surface area contributed by atoms with Gasteiger partial charge in [-0.05, 0) is 60.6 Å². The third-order valence-corrected chi connectivity index (χ3v) is 7.18. The Balaban J connectivity index is 1.71. The first-order valence-electron chi connectivity index (χ1n) is 10.9. The maximum atomic E-state index is 13.6. The molecule has 0 saturated carbocycles. The first kappa shape index (κ1) is 24.6. The number of anilines is 1. The van der Waals surface area contributed by atoms with Crippen LogP contribution < -0.4 is 4.90 Å². The standard InChI is InChI=1S/C27H25N3O3S2/c1-18(29(2)22-11-7-8-12-23(22)34)24-25(31)30(17-19-9-5-4-6-10-19)27(35-24)28-21-15-13-20(14-16-21)26(32)33-3/h4-16,34H,17H2,1-3H3/b24-18+,28-27?. The van der Waals surface area contributed by atoms with Crippen LogP contribution in [0.2, 0.25) is 0 Å². The highest BCUT2D eigenvalue weighted by Crippen LogP contribution is 2.38. The fourth-order valence-electron chi connectivity index (χ4n) is 3.60. The minimum atomic E-state index is -0.409. The summed E-state index contributed by atoms with van der Waals surface area (Å²) in [5, 5.41) is 0.576. The Bertz CT molecular complexity index is 1300. The minimum Gasteiger partial charge on any atom is -0.465 e. The van der Waals surface area contributed by atoms with Crippen LogP contribution in [-0.2, 0) is 16.1 Å². The number of methoxy groups -OCH3 is 1. The van der Waals surface area contributed by atoms with Crippen molar-refractivity contribution in [1.29, 1.82) is 0 Å². The van der Waals surface area contributed by atoms with Gasteiger partial charge in [0.2, 0.25) is 0 Å². The fourth-order valence-corrected chi connectivity index (χ4v) is 4.98. The van der Waals surface area contributed by atoms with Crippen LogP contribution in [0.4, 0.5) is 11.4 Å². The fraction of sp³-hybridized carbons (Fsp3) is 0.148. The zero-order chi connectivity index (χ0) is 24.9. The van der Waals surface area contributed by atoms with Crippen molar-refractivity contribution in [2.45, 2.75) is 18.4 Å². The van der Waals surface area contributed by atoms with E-state index < -0.39 is 5.97 Å². The molecule has 0 aromatic heterocycles. The molecule has 1 aliphatic heterocycles. The number of amides is 1. The quantitative estimate of drug-likeness (QED) is 0.258.